The van der Waals surface area contributed by atoms with Crippen LogP contribution in [0.5, 0.6) is 0 Å². The van der Waals surface area contributed by atoms with Gasteiger partial charge in [-0.05, 0) is 29.7 Å². The molecule has 1 aromatic heterocycles. The zero-order valence-corrected chi connectivity index (χ0v) is 8.47. The van der Waals surface area contributed by atoms with Gasteiger partial charge in [-0.3, -0.25) is 0 Å². The van der Waals surface area contributed by atoms with E-state index in [0.29, 0.717) is 18.4 Å². The SMILES string of the molecule is CC(C)C(CO)Cc1cccs1. The number of aliphatic hydroxyl groups is 1. The van der Waals surface area contributed by atoms with Crippen molar-refractivity contribution in [1.29, 1.82) is 0 Å². The molecule has 0 saturated heterocycles. The summed E-state index contributed by atoms with van der Waals surface area (Å²) in [5.41, 5.74) is 0. The van der Waals surface area contributed by atoms with Gasteiger partial charge in [0.1, 0.15) is 0 Å². The molecule has 1 unspecified atom stereocenters. The van der Waals surface area contributed by atoms with Gasteiger partial charge in [0, 0.05) is 11.5 Å². The molecule has 2 heteroatoms. The minimum atomic E-state index is 0.301. The highest BCUT2D eigenvalue weighted by Gasteiger charge is 2.12. The number of rotatable bonds is 4. The van der Waals surface area contributed by atoms with Crippen LogP contribution in [0.15, 0.2) is 17.5 Å². The molecule has 1 nitrogen and oxygen atoms in total. The van der Waals surface area contributed by atoms with E-state index in [4.69, 9.17) is 5.11 Å². The first-order valence-corrected chi connectivity index (χ1v) is 5.25. The third kappa shape index (κ3) is 2.61. The number of aliphatic hydroxyl groups excluding tert-OH is 1. The van der Waals surface area contributed by atoms with Gasteiger partial charge in [-0.15, -0.1) is 11.3 Å². The van der Waals surface area contributed by atoms with Crippen molar-refractivity contribution in [3.8, 4) is 0 Å². The molecule has 0 aliphatic rings. The van der Waals surface area contributed by atoms with Crippen molar-refractivity contribution in [1.82, 2.24) is 0 Å². The summed E-state index contributed by atoms with van der Waals surface area (Å²) in [4.78, 5) is 1.38. The third-order valence-electron chi connectivity index (χ3n) is 2.22. The Kier molecular flexibility index (Phi) is 3.76. The second-order valence-corrected chi connectivity index (χ2v) is 4.50. The van der Waals surface area contributed by atoms with Crippen molar-refractivity contribution in [2.75, 3.05) is 6.61 Å². The zero-order valence-electron chi connectivity index (χ0n) is 7.66. The van der Waals surface area contributed by atoms with E-state index < -0.39 is 0 Å². The summed E-state index contributed by atoms with van der Waals surface area (Å²) in [6, 6.07) is 4.20. The predicted molar refractivity (Wildman–Crippen MR) is 53.4 cm³/mol. The molecule has 1 heterocycles. The third-order valence-corrected chi connectivity index (χ3v) is 3.12. The minimum Gasteiger partial charge on any atom is -0.396 e. The molecule has 0 amide bonds. The molecule has 1 atom stereocenters. The normalized spacial score (nSPS) is 13.7. The predicted octanol–water partition coefficient (Wildman–Crippen LogP) is 2.56. The Bertz CT molecular complexity index is 204. The Morgan fingerprint density at radius 3 is 2.67 bits per heavy atom. The summed E-state index contributed by atoms with van der Waals surface area (Å²) in [5, 5.41) is 11.2. The van der Waals surface area contributed by atoms with Crippen LogP contribution in [-0.4, -0.2) is 11.7 Å². The fraction of sp³-hybridized carbons (Fsp3) is 0.600. The summed E-state index contributed by atoms with van der Waals surface area (Å²) in [6.07, 6.45) is 1.02. The summed E-state index contributed by atoms with van der Waals surface area (Å²) < 4.78 is 0. The molecule has 0 aliphatic heterocycles. The van der Waals surface area contributed by atoms with Crippen LogP contribution >= 0.6 is 11.3 Å². The van der Waals surface area contributed by atoms with Gasteiger partial charge < -0.3 is 5.11 Å². The van der Waals surface area contributed by atoms with E-state index in [-0.39, 0.29) is 0 Å². The first kappa shape index (κ1) is 9.75. The topological polar surface area (TPSA) is 20.2 Å². The molecule has 0 spiro atoms. The highest BCUT2D eigenvalue weighted by molar-refractivity contribution is 7.09. The molecule has 0 fully saturated rings. The van der Waals surface area contributed by atoms with Crippen LogP contribution in [0.3, 0.4) is 0 Å². The van der Waals surface area contributed by atoms with Crippen LogP contribution in [0.2, 0.25) is 0 Å². The van der Waals surface area contributed by atoms with Gasteiger partial charge in [-0.1, -0.05) is 19.9 Å². The van der Waals surface area contributed by atoms with E-state index in [1.54, 1.807) is 11.3 Å². The summed E-state index contributed by atoms with van der Waals surface area (Å²) in [7, 11) is 0. The molecule has 1 rings (SSSR count). The maximum absolute atomic E-state index is 9.10. The quantitative estimate of drug-likeness (QED) is 0.762. The Morgan fingerprint density at radius 2 is 2.25 bits per heavy atom. The molecule has 1 N–H and O–H groups in total. The average Bonchev–Trinajstić information content (AvgIpc) is 2.51. The molecular formula is C10H16OS. The van der Waals surface area contributed by atoms with Crippen molar-refractivity contribution in [2.24, 2.45) is 11.8 Å². The maximum Gasteiger partial charge on any atom is 0.0465 e. The lowest BCUT2D eigenvalue weighted by Gasteiger charge is -2.16. The average molecular weight is 184 g/mol. The molecule has 1 aromatic rings. The first-order chi connectivity index (χ1) is 5.74. The fourth-order valence-corrected chi connectivity index (χ4v) is 2.00. The van der Waals surface area contributed by atoms with Crippen molar-refractivity contribution in [3.63, 3.8) is 0 Å². The second kappa shape index (κ2) is 4.63. The number of hydrogen-bond donors (Lipinski definition) is 1. The smallest absolute Gasteiger partial charge is 0.0465 e. The second-order valence-electron chi connectivity index (χ2n) is 3.47. The Labute approximate surface area is 78.1 Å². The van der Waals surface area contributed by atoms with Crippen LogP contribution < -0.4 is 0 Å². The Morgan fingerprint density at radius 1 is 1.50 bits per heavy atom. The number of hydrogen-bond acceptors (Lipinski definition) is 2. The summed E-state index contributed by atoms with van der Waals surface area (Å²) in [6.45, 7) is 4.62. The van der Waals surface area contributed by atoms with Gasteiger partial charge in [0.15, 0.2) is 0 Å². The Balaban J connectivity index is 2.48. The largest absolute Gasteiger partial charge is 0.396 e. The molecular weight excluding hydrogens is 168 g/mol. The minimum absolute atomic E-state index is 0.301. The molecule has 0 radical (unpaired) electrons. The van der Waals surface area contributed by atoms with E-state index in [1.807, 2.05) is 0 Å². The highest BCUT2D eigenvalue weighted by Crippen LogP contribution is 2.19. The van der Waals surface area contributed by atoms with Crippen LogP contribution in [0.25, 0.3) is 0 Å². The van der Waals surface area contributed by atoms with Gasteiger partial charge in [0.05, 0.1) is 0 Å². The van der Waals surface area contributed by atoms with Crippen molar-refractivity contribution < 1.29 is 5.11 Å². The van der Waals surface area contributed by atoms with Crippen LogP contribution in [0.4, 0.5) is 0 Å². The monoisotopic (exact) mass is 184 g/mol. The van der Waals surface area contributed by atoms with E-state index in [0.717, 1.165) is 6.42 Å². The van der Waals surface area contributed by atoms with E-state index in [2.05, 4.69) is 31.4 Å². The lowest BCUT2D eigenvalue weighted by molar-refractivity contribution is 0.190. The van der Waals surface area contributed by atoms with Gasteiger partial charge in [0.25, 0.3) is 0 Å². The first-order valence-electron chi connectivity index (χ1n) is 4.37. The van der Waals surface area contributed by atoms with Crippen LogP contribution in [-0.2, 0) is 6.42 Å². The van der Waals surface area contributed by atoms with Gasteiger partial charge >= 0.3 is 0 Å². The van der Waals surface area contributed by atoms with Crippen molar-refractivity contribution in [3.05, 3.63) is 22.4 Å². The summed E-state index contributed by atoms with van der Waals surface area (Å²) >= 11 is 1.77. The van der Waals surface area contributed by atoms with Gasteiger partial charge in [0.2, 0.25) is 0 Å². The zero-order chi connectivity index (χ0) is 8.97. The number of thiophene rings is 1. The maximum atomic E-state index is 9.10. The molecule has 12 heavy (non-hydrogen) atoms. The van der Waals surface area contributed by atoms with Crippen LogP contribution in [0.1, 0.15) is 18.7 Å². The van der Waals surface area contributed by atoms with Crippen molar-refractivity contribution in [2.45, 2.75) is 20.3 Å². The standard InChI is InChI=1S/C10H16OS/c1-8(2)9(7-11)6-10-4-3-5-12-10/h3-5,8-9,11H,6-7H2,1-2H3. The summed E-state index contributed by atoms with van der Waals surface area (Å²) in [5.74, 6) is 0.987. The molecule has 0 bridgehead atoms. The van der Waals surface area contributed by atoms with Gasteiger partial charge in [-0.2, -0.15) is 0 Å². The lowest BCUT2D eigenvalue weighted by Crippen LogP contribution is -2.15. The van der Waals surface area contributed by atoms with E-state index in [1.165, 1.54) is 4.88 Å². The Hall–Kier alpha value is -0.340. The molecule has 0 aromatic carbocycles. The lowest BCUT2D eigenvalue weighted by atomic mass is 9.93. The van der Waals surface area contributed by atoms with Crippen LogP contribution in [0, 0.1) is 11.8 Å². The highest BCUT2D eigenvalue weighted by atomic mass is 32.1. The van der Waals surface area contributed by atoms with Gasteiger partial charge in [-0.25, -0.2) is 0 Å². The fourth-order valence-electron chi connectivity index (χ4n) is 1.20. The van der Waals surface area contributed by atoms with E-state index in [9.17, 15) is 0 Å². The van der Waals surface area contributed by atoms with Crippen molar-refractivity contribution >= 4 is 11.3 Å². The molecule has 0 saturated carbocycles. The molecule has 68 valence electrons. The molecule has 0 aliphatic carbocycles. The van der Waals surface area contributed by atoms with E-state index >= 15 is 0 Å².